The molecule has 0 aromatic heterocycles. The minimum Gasteiger partial charge on any atom is -0.497 e. The lowest BCUT2D eigenvalue weighted by Crippen LogP contribution is -2.41. The summed E-state index contributed by atoms with van der Waals surface area (Å²) >= 11 is 3.82. The second kappa shape index (κ2) is 4.83. The van der Waals surface area contributed by atoms with Crippen molar-refractivity contribution >= 4 is 22.0 Å². The number of rotatable bonds is 1. The van der Waals surface area contributed by atoms with Gasteiger partial charge in [0.05, 0.1) is 20.3 Å². The minimum absolute atomic E-state index is 0.0738. The molecule has 4 rings (SSSR count). The van der Waals surface area contributed by atoms with Crippen molar-refractivity contribution in [1.29, 1.82) is 0 Å². The highest BCUT2D eigenvalue weighted by Crippen LogP contribution is 2.56. The second-order valence-corrected chi connectivity index (χ2v) is 6.99. The zero-order chi connectivity index (χ0) is 14.5. The number of hydrogen-bond acceptors (Lipinski definition) is 3. The van der Waals surface area contributed by atoms with Gasteiger partial charge < -0.3 is 14.2 Å². The van der Waals surface area contributed by atoms with Crippen molar-refractivity contribution in [3.05, 3.63) is 33.8 Å². The van der Waals surface area contributed by atoms with Crippen LogP contribution in [0.2, 0.25) is 0 Å². The van der Waals surface area contributed by atoms with E-state index in [9.17, 15) is 0 Å². The summed E-state index contributed by atoms with van der Waals surface area (Å²) in [6.07, 6.45) is 6.25. The zero-order valence-electron chi connectivity index (χ0n) is 12.2. The smallest absolute Gasteiger partial charge is 0.168 e. The van der Waals surface area contributed by atoms with E-state index in [0.717, 1.165) is 44.6 Å². The quantitative estimate of drug-likeness (QED) is 0.766. The summed E-state index contributed by atoms with van der Waals surface area (Å²) in [7, 11) is 1.72. The third-order valence-corrected chi connectivity index (χ3v) is 6.18. The fraction of sp³-hybridized carbons (Fsp3) is 0.529. The summed E-state index contributed by atoms with van der Waals surface area (Å²) in [6, 6.07) is 6.37. The van der Waals surface area contributed by atoms with Crippen molar-refractivity contribution in [1.82, 2.24) is 0 Å². The van der Waals surface area contributed by atoms with E-state index in [2.05, 4.69) is 34.1 Å². The number of benzene rings is 1. The van der Waals surface area contributed by atoms with Crippen LogP contribution in [-0.4, -0.2) is 26.1 Å². The predicted molar refractivity (Wildman–Crippen MR) is 84.7 cm³/mol. The number of ether oxygens (including phenoxy) is 3. The standard InChI is InChI=1S/C17H19BrO3/c1-19-13-3-2-12-10-15(18)16(14(12)11-13)4-6-17(7-5-16)20-8-9-21-17/h2-3,10-11H,4-9H2,1H3. The van der Waals surface area contributed by atoms with Crippen LogP contribution < -0.4 is 4.74 Å². The summed E-state index contributed by atoms with van der Waals surface area (Å²) in [5.74, 6) is 0.609. The van der Waals surface area contributed by atoms with Crippen LogP contribution in [0.4, 0.5) is 0 Å². The molecule has 1 aromatic rings. The summed E-state index contributed by atoms with van der Waals surface area (Å²) in [5, 5.41) is 0. The molecule has 1 aromatic carbocycles. The first kappa shape index (κ1) is 13.8. The predicted octanol–water partition coefficient (Wildman–Crippen LogP) is 4.00. The number of methoxy groups -OCH3 is 1. The minimum atomic E-state index is -0.319. The van der Waals surface area contributed by atoms with Gasteiger partial charge in [-0.05, 0) is 42.2 Å². The lowest BCUT2D eigenvalue weighted by molar-refractivity contribution is -0.182. The van der Waals surface area contributed by atoms with Crippen molar-refractivity contribution in [2.45, 2.75) is 36.9 Å². The van der Waals surface area contributed by atoms with Crippen LogP contribution in [0.15, 0.2) is 22.7 Å². The molecular formula is C17H19BrO3. The number of allylic oxidation sites excluding steroid dienone is 1. The van der Waals surface area contributed by atoms with Crippen LogP contribution in [0.3, 0.4) is 0 Å². The van der Waals surface area contributed by atoms with Gasteiger partial charge in [0.25, 0.3) is 0 Å². The Hall–Kier alpha value is -0.840. The number of fused-ring (bicyclic) bond motifs is 2. The van der Waals surface area contributed by atoms with E-state index in [1.807, 2.05) is 6.07 Å². The Bertz CT molecular complexity index is 592. The number of halogens is 1. The molecular weight excluding hydrogens is 332 g/mol. The molecule has 2 fully saturated rings. The first-order valence-corrected chi connectivity index (χ1v) is 8.31. The molecule has 0 unspecified atom stereocenters. The van der Waals surface area contributed by atoms with E-state index in [0.29, 0.717) is 0 Å². The van der Waals surface area contributed by atoms with E-state index >= 15 is 0 Å². The first-order valence-electron chi connectivity index (χ1n) is 7.52. The summed E-state index contributed by atoms with van der Waals surface area (Å²) < 4.78 is 18.4. The Morgan fingerprint density at radius 1 is 1.10 bits per heavy atom. The lowest BCUT2D eigenvalue weighted by atomic mass is 9.69. The molecule has 21 heavy (non-hydrogen) atoms. The largest absolute Gasteiger partial charge is 0.497 e. The fourth-order valence-corrected chi connectivity index (χ4v) is 4.81. The van der Waals surface area contributed by atoms with Crippen LogP contribution in [0.1, 0.15) is 36.8 Å². The molecule has 0 N–H and O–H groups in total. The SMILES string of the molecule is COc1ccc2c(c1)C1(CCC3(CC1)OCCO3)C(Br)=C2. The molecule has 1 saturated carbocycles. The van der Waals surface area contributed by atoms with Gasteiger partial charge in [-0.2, -0.15) is 0 Å². The highest BCUT2D eigenvalue weighted by molar-refractivity contribution is 9.11. The maximum atomic E-state index is 5.87. The van der Waals surface area contributed by atoms with Crippen LogP contribution >= 0.6 is 15.9 Å². The maximum Gasteiger partial charge on any atom is 0.168 e. The van der Waals surface area contributed by atoms with Crippen molar-refractivity contribution in [2.24, 2.45) is 0 Å². The van der Waals surface area contributed by atoms with Gasteiger partial charge in [0.2, 0.25) is 0 Å². The van der Waals surface area contributed by atoms with Gasteiger partial charge >= 0.3 is 0 Å². The molecule has 112 valence electrons. The van der Waals surface area contributed by atoms with E-state index in [-0.39, 0.29) is 11.2 Å². The van der Waals surface area contributed by atoms with Crippen molar-refractivity contribution < 1.29 is 14.2 Å². The second-order valence-electron chi connectivity index (χ2n) is 6.14. The van der Waals surface area contributed by atoms with Gasteiger partial charge in [0.15, 0.2) is 5.79 Å². The Labute approximate surface area is 133 Å². The normalized spacial score (nSPS) is 25.1. The third kappa shape index (κ3) is 2.00. The van der Waals surface area contributed by atoms with Crippen molar-refractivity contribution in [2.75, 3.05) is 20.3 Å². The average Bonchev–Trinajstić information content (AvgIpc) is 3.06. The molecule has 2 spiro atoms. The average molecular weight is 351 g/mol. The first-order chi connectivity index (χ1) is 10.2. The summed E-state index contributed by atoms with van der Waals surface area (Å²) in [5.41, 5.74) is 2.75. The van der Waals surface area contributed by atoms with Gasteiger partial charge in [-0.3, -0.25) is 0 Å². The zero-order valence-corrected chi connectivity index (χ0v) is 13.7. The van der Waals surface area contributed by atoms with E-state index in [4.69, 9.17) is 14.2 Å². The highest BCUT2D eigenvalue weighted by atomic mass is 79.9. The van der Waals surface area contributed by atoms with E-state index in [1.54, 1.807) is 7.11 Å². The monoisotopic (exact) mass is 350 g/mol. The van der Waals surface area contributed by atoms with Crippen molar-refractivity contribution in [3.8, 4) is 5.75 Å². The molecule has 4 heteroatoms. The van der Waals surface area contributed by atoms with Gasteiger partial charge in [-0.15, -0.1) is 0 Å². The molecule has 1 aliphatic heterocycles. The van der Waals surface area contributed by atoms with Crippen LogP contribution in [0, 0.1) is 0 Å². The Kier molecular flexibility index (Phi) is 3.18. The van der Waals surface area contributed by atoms with Crippen LogP contribution in [0.25, 0.3) is 6.08 Å². The van der Waals surface area contributed by atoms with Gasteiger partial charge in [-0.25, -0.2) is 0 Å². The number of hydrogen-bond donors (Lipinski definition) is 0. The molecule has 1 heterocycles. The molecule has 2 aliphatic carbocycles. The summed E-state index contributed by atoms with van der Waals surface area (Å²) in [4.78, 5) is 0. The molecule has 1 saturated heterocycles. The Morgan fingerprint density at radius 2 is 1.81 bits per heavy atom. The van der Waals surface area contributed by atoms with E-state index in [1.165, 1.54) is 15.6 Å². The maximum absolute atomic E-state index is 5.87. The third-order valence-electron chi connectivity index (χ3n) is 5.19. The van der Waals surface area contributed by atoms with Gasteiger partial charge in [0.1, 0.15) is 5.75 Å². The topological polar surface area (TPSA) is 27.7 Å². The Balaban J connectivity index is 1.68. The lowest BCUT2D eigenvalue weighted by Gasteiger charge is -2.42. The summed E-state index contributed by atoms with van der Waals surface area (Å²) in [6.45, 7) is 1.46. The Morgan fingerprint density at radius 3 is 2.48 bits per heavy atom. The molecule has 0 radical (unpaired) electrons. The molecule has 3 aliphatic rings. The van der Waals surface area contributed by atoms with Gasteiger partial charge in [0, 0.05) is 22.7 Å². The van der Waals surface area contributed by atoms with Crippen LogP contribution in [0.5, 0.6) is 5.75 Å². The molecule has 0 bridgehead atoms. The molecule has 3 nitrogen and oxygen atoms in total. The molecule has 0 atom stereocenters. The van der Waals surface area contributed by atoms with E-state index < -0.39 is 0 Å². The van der Waals surface area contributed by atoms with Crippen molar-refractivity contribution in [3.63, 3.8) is 0 Å². The fourth-order valence-electron chi connectivity index (χ4n) is 3.96. The molecule has 0 amide bonds. The highest BCUT2D eigenvalue weighted by Gasteiger charge is 2.50. The van der Waals surface area contributed by atoms with Crippen LogP contribution in [-0.2, 0) is 14.9 Å². The van der Waals surface area contributed by atoms with Gasteiger partial charge in [-0.1, -0.05) is 22.0 Å².